The molecule has 3 heteroatoms. The molecule has 0 bridgehead atoms. The van der Waals surface area contributed by atoms with E-state index in [-0.39, 0.29) is 0 Å². The second-order valence-electron chi connectivity index (χ2n) is 4.71. The minimum Gasteiger partial charge on any atom is -0.310 e. The van der Waals surface area contributed by atoms with Gasteiger partial charge in [-0.3, -0.25) is 0 Å². The zero-order valence-corrected chi connectivity index (χ0v) is 12.2. The predicted molar refractivity (Wildman–Crippen MR) is 75.0 cm³/mol. The summed E-state index contributed by atoms with van der Waals surface area (Å²) in [6.07, 6.45) is 6.84. The molecule has 0 radical (unpaired) electrons. The van der Waals surface area contributed by atoms with E-state index in [0.29, 0.717) is 6.04 Å². The lowest BCUT2D eigenvalue weighted by Crippen LogP contribution is -2.21. The van der Waals surface area contributed by atoms with Gasteiger partial charge in [0.25, 0.3) is 0 Å². The van der Waals surface area contributed by atoms with Crippen molar-refractivity contribution in [1.29, 1.82) is 0 Å². The summed E-state index contributed by atoms with van der Waals surface area (Å²) >= 11 is 5.34. The van der Waals surface area contributed by atoms with Crippen molar-refractivity contribution in [1.82, 2.24) is 5.32 Å². The summed E-state index contributed by atoms with van der Waals surface area (Å²) in [5, 5.41) is 5.95. The molecule has 1 aliphatic carbocycles. The van der Waals surface area contributed by atoms with E-state index in [2.05, 4.69) is 39.6 Å². The molecule has 90 valence electrons. The Labute approximate surface area is 111 Å². The van der Waals surface area contributed by atoms with Crippen LogP contribution < -0.4 is 5.32 Å². The summed E-state index contributed by atoms with van der Waals surface area (Å²) in [5.41, 5.74) is 1.46. The van der Waals surface area contributed by atoms with E-state index in [9.17, 15) is 0 Å². The number of rotatable bonds is 7. The van der Waals surface area contributed by atoms with E-state index in [1.165, 1.54) is 41.5 Å². The van der Waals surface area contributed by atoms with E-state index in [0.717, 1.165) is 12.5 Å². The van der Waals surface area contributed by atoms with Gasteiger partial charge in [-0.05, 0) is 64.7 Å². The molecule has 1 unspecified atom stereocenters. The van der Waals surface area contributed by atoms with Crippen molar-refractivity contribution in [3.8, 4) is 0 Å². The van der Waals surface area contributed by atoms with Crippen LogP contribution in [0.4, 0.5) is 0 Å². The van der Waals surface area contributed by atoms with Crippen molar-refractivity contribution < 1.29 is 0 Å². The van der Waals surface area contributed by atoms with E-state index in [1.807, 2.05) is 0 Å². The van der Waals surface area contributed by atoms with Gasteiger partial charge in [0.1, 0.15) is 0 Å². The van der Waals surface area contributed by atoms with Gasteiger partial charge in [-0.25, -0.2) is 0 Å². The first-order valence-corrected chi connectivity index (χ1v) is 7.94. The molecule has 0 amide bonds. The fourth-order valence-corrected chi connectivity index (χ4v) is 3.25. The summed E-state index contributed by atoms with van der Waals surface area (Å²) in [5.74, 6) is 1.04. The van der Waals surface area contributed by atoms with Crippen molar-refractivity contribution in [2.75, 3.05) is 6.54 Å². The van der Waals surface area contributed by atoms with Crippen LogP contribution in [0.2, 0.25) is 0 Å². The van der Waals surface area contributed by atoms with Crippen LogP contribution in [0.25, 0.3) is 0 Å². The topological polar surface area (TPSA) is 12.0 Å². The maximum atomic E-state index is 3.67. The SMILES string of the molecule is CCCNC(CCC1CC1)c1csc(Br)c1. The molecule has 1 aliphatic rings. The number of nitrogens with one attached hydrogen (secondary N) is 1. The standard InChI is InChI=1S/C13H20BrNS/c1-2-7-15-12(6-5-10-3-4-10)11-8-13(14)16-9-11/h8-10,12,15H,2-7H2,1H3. The van der Waals surface area contributed by atoms with E-state index < -0.39 is 0 Å². The number of thiophene rings is 1. The van der Waals surface area contributed by atoms with Gasteiger partial charge in [-0.15, -0.1) is 11.3 Å². The van der Waals surface area contributed by atoms with Crippen molar-refractivity contribution in [3.63, 3.8) is 0 Å². The lowest BCUT2D eigenvalue weighted by molar-refractivity contribution is 0.471. The normalized spacial score (nSPS) is 17.6. The van der Waals surface area contributed by atoms with E-state index >= 15 is 0 Å². The Balaban J connectivity index is 1.89. The van der Waals surface area contributed by atoms with Crippen molar-refractivity contribution in [2.24, 2.45) is 5.92 Å². The Kier molecular flexibility index (Phi) is 4.86. The number of hydrogen-bond donors (Lipinski definition) is 1. The van der Waals surface area contributed by atoms with Gasteiger partial charge in [-0.1, -0.05) is 19.8 Å². The molecule has 1 heterocycles. The van der Waals surface area contributed by atoms with Crippen molar-refractivity contribution >= 4 is 27.3 Å². The number of halogens is 1. The monoisotopic (exact) mass is 301 g/mol. The summed E-state index contributed by atoms with van der Waals surface area (Å²) < 4.78 is 1.25. The van der Waals surface area contributed by atoms with Crippen molar-refractivity contribution in [2.45, 2.75) is 45.1 Å². The fraction of sp³-hybridized carbons (Fsp3) is 0.692. The summed E-state index contributed by atoms with van der Waals surface area (Å²) in [6, 6.07) is 2.84. The molecule has 1 aromatic heterocycles. The molecule has 1 aromatic rings. The van der Waals surface area contributed by atoms with Crippen molar-refractivity contribution in [3.05, 3.63) is 20.8 Å². The van der Waals surface area contributed by atoms with Crippen LogP contribution in [0, 0.1) is 5.92 Å². The van der Waals surface area contributed by atoms with Crippen LogP contribution in [0.15, 0.2) is 15.2 Å². The van der Waals surface area contributed by atoms with Gasteiger partial charge in [-0.2, -0.15) is 0 Å². The van der Waals surface area contributed by atoms with Crippen LogP contribution in [-0.4, -0.2) is 6.54 Å². The molecule has 1 N–H and O–H groups in total. The third kappa shape index (κ3) is 3.86. The molecule has 2 rings (SSSR count). The second kappa shape index (κ2) is 6.18. The molecular weight excluding hydrogens is 282 g/mol. The Morgan fingerprint density at radius 3 is 2.94 bits per heavy atom. The van der Waals surface area contributed by atoms with Crippen LogP contribution in [-0.2, 0) is 0 Å². The summed E-state index contributed by atoms with van der Waals surface area (Å²) in [6.45, 7) is 3.36. The molecule has 1 nitrogen and oxygen atoms in total. The highest BCUT2D eigenvalue weighted by Crippen LogP contribution is 2.36. The van der Waals surface area contributed by atoms with Gasteiger partial charge in [0, 0.05) is 6.04 Å². The smallest absolute Gasteiger partial charge is 0.0701 e. The highest BCUT2D eigenvalue weighted by molar-refractivity contribution is 9.11. The van der Waals surface area contributed by atoms with Gasteiger partial charge in [0.2, 0.25) is 0 Å². The molecule has 0 aliphatic heterocycles. The summed E-state index contributed by atoms with van der Waals surface area (Å²) in [4.78, 5) is 0. The zero-order valence-electron chi connectivity index (χ0n) is 9.84. The zero-order chi connectivity index (χ0) is 11.4. The molecule has 0 aromatic carbocycles. The maximum Gasteiger partial charge on any atom is 0.0701 e. The lowest BCUT2D eigenvalue weighted by Gasteiger charge is -2.17. The third-order valence-electron chi connectivity index (χ3n) is 3.19. The van der Waals surface area contributed by atoms with Gasteiger partial charge in [0.05, 0.1) is 3.79 Å². The molecule has 1 atom stereocenters. The largest absolute Gasteiger partial charge is 0.310 e. The van der Waals surface area contributed by atoms with Gasteiger partial charge < -0.3 is 5.32 Å². The highest BCUT2D eigenvalue weighted by atomic mass is 79.9. The Morgan fingerprint density at radius 1 is 1.56 bits per heavy atom. The molecule has 0 spiro atoms. The Bertz CT molecular complexity index is 319. The lowest BCUT2D eigenvalue weighted by atomic mass is 10.0. The first-order valence-electron chi connectivity index (χ1n) is 6.27. The molecule has 0 saturated heterocycles. The quantitative estimate of drug-likeness (QED) is 0.767. The van der Waals surface area contributed by atoms with Gasteiger partial charge >= 0.3 is 0 Å². The molecule has 1 fully saturated rings. The first kappa shape index (κ1) is 12.6. The average Bonchev–Trinajstić information content (AvgIpc) is 3.01. The number of hydrogen-bond acceptors (Lipinski definition) is 2. The first-order chi connectivity index (χ1) is 7.79. The predicted octanol–water partition coefficient (Wildman–Crippen LogP) is 4.74. The Morgan fingerprint density at radius 2 is 2.38 bits per heavy atom. The van der Waals surface area contributed by atoms with Crippen LogP contribution in [0.5, 0.6) is 0 Å². The third-order valence-corrected chi connectivity index (χ3v) is 4.71. The summed E-state index contributed by atoms with van der Waals surface area (Å²) in [7, 11) is 0. The van der Waals surface area contributed by atoms with E-state index in [4.69, 9.17) is 0 Å². The molecular formula is C13H20BrNS. The van der Waals surface area contributed by atoms with Crippen LogP contribution >= 0.6 is 27.3 Å². The second-order valence-corrected chi connectivity index (χ2v) is 7.00. The van der Waals surface area contributed by atoms with Gasteiger partial charge in [0.15, 0.2) is 0 Å². The van der Waals surface area contributed by atoms with Crippen LogP contribution in [0.1, 0.15) is 50.6 Å². The Hall–Kier alpha value is 0.140. The minimum atomic E-state index is 0.572. The van der Waals surface area contributed by atoms with Crippen LogP contribution in [0.3, 0.4) is 0 Å². The average molecular weight is 302 g/mol. The van der Waals surface area contributed by atoms with E-state index in [1.54, 1.807) is 11.3 Å². The highest BCUT2D eigenvalue weighted by Gasteiger charge is 2.23. The molecule has 16 heavy (non-hydrogen) atoms. The maximum absolute atomic E-state index is 3.67. The fourth-order valence-electron chi connectivity index (χ4n) is 2.02. The minimum absolute atomic E-state index is 0.572. The molecule has 1 saturated carbocycles.